The van der Waals surface area contributed by atoms with E-state index in [0.717, 1.165) is 11.1 Å². The van der Waals surface area contributed by atoms with Crippen molar-refractivity contribution >= 4 is 44.4 Å². The Morgan fingerprint density at radius 2 is 1.79 bits per heavy atom. The molecule has 0 saturated heterocycles. The molecular weight excluding hydrogens is 506 g/mol. The average Bonchev–Trinajstić information content (AvgIpc) is 3.33. The van der Waals surface area contributed by atoms with E-state index in [1.165, 1.54) is 34.2 Å². The average molecular weight is 525 g/mol. The standard InChI is InChI=1S/C23H19Cl2FN2O3S2/c1-23(2,29)20-12-18(28(27-20)17-9-5-8-16(26)21(17)25)22-15(24)11-19(32-22)13-6-4-7-14(10-13)33(3,30)31/h4-12,29H,1-3H3. The van der Waals surface area contributed by atoms with E-state index in [-0.39, 0.29) is 9.92 Å². The molecule has 4 rings (SSSR count). The highest BCUT2D eigenvalue weighted by Gasteiger charge is 2.26. The second-order valence-corrected chi connectivity index (χ2v) is 11.9. The van der Waals surface area contributed by atoms with E-state index in [0.29, 0.717) is 32.5 Å². The molecule has 2 heterocycles. The smallest absolute Gasteiger partial charge is 0.175 e. The minimum absolute atomic E-state index is 0.113. The molecule has 0 aliphatic carbocycles. The van der Waals surface area contributed by atoms with Crippen LogP contribution in [0.4, 0.5) is 4.39 Å². The van der Waals surface area contributed by atoms with Crippen LogP contribution in [-0.2, 0) is 15.4 Å². The fourth-order valence-electron chi connectivity index (χ4n) is 3.25. The first-order valence-electron chi connectivity index (χ1n) is 9.74. The number of nitrogens with zero attached hydrogens (tertiary/aromatic N) is 2. The van der Waals surface area contributed by atoms with E-state index >= 15 is 0 Å². The van der Waals surface area contributed by atoms with Gasteiger partial charge in [0, 0.05) is 11.1 Å². The van der Waals surface area contributed by atoms with Gasteiger partial charge >= 0.3 is 0 Å². The summed E-state index contributed by atoms with van der Waals surface area (Å²) in [5.41, 5.74) is 0.583. The molecule has 10 heteroatoms. The summed E-state index contributed by atoms with van der Waals surface area (Å²) in [5, 5.41) is 15.3. The lowest BCUT2D eigenvalue weighted by molar-refractivity contribution is 0.0734. The molecule has 0 radical (unpaired) electrons. The van der Waals surface area contributed by atoms with E-state index in [9.17, 15) is 17.9 Å². The van der Waals surface area contributed by atoms with Crippen molar-refractivity contribution in [3.63, 3.8) is 0 Å². The van der Waals surface area contributed by atoms with Crippen LogP contribution in [0.25, 0.3) is 26.7 Å². The molecular formula is C23H19Cl2FN2O3S2. The number of aromatic nitrogens is 2. The van der Waals surface area contributed by atoms with Gasteiger partial charge in [-0.15, -0.1) is 11.3 Å². The van der Waals surface area contributed by atoms with Crippen molar-refractivity contribution in [3.8, 4) is 26.7 Å². The first-order valence-corrected chi connectivity index (χ1v) is 13.2. The molecule has 0 unspecified atom stereocenters. The van der Waals surface area contributed by atoms with E-state index in [1.54, 1.807) is 50.2 Å². The summed E-state index contributed by atoms with van der Waals surface area (Å²) in [7, 11) is -3.37. The highest BCUT2D eigenvalue weighted by atomic mass is 35.5. The van der Waals surface area contributed by atoms with Crippen LogP contribution in [0.1, 0.15) is 19.5 Å². The van der Waals surface area contributed by atoms with Crippen LogP contribution < -0.4 is 0 Å². The molecule has 4 aromatic rings. The number of rotatable bonds is 5. The van der Waals surface area contributed by atoms with Crippen LogP contribution >= 0.6 is 34.5 Å². The van der Waals surface area contributed by atoms with Crippen LogP contribution in [-0.4, -0.2) is 29.6 Å². The van der Waals surface area contributed by atoms with Crippen molar-refractivity contribution in [1.29, 1.82) is 0 Å². The number of benzene rings is 2. The van der Waals surface area contributed by atoms with Gasteiger partial charge < -0.3 is 5.11 Å². The Labute approximate surface area is 205 Å². The van der Waals surface area contributed by atoms with Gasteiger partial charge in [0.05, 0.1) is 31.9 Å². The van der Waals surface area contributed by atoms with Crippen molar-refractivity contribution in [2.45, 2.75) is 24.3 Å². The molecule has 0 amide bonds. The number of hydrogen-bond donors (Lipinski definition) is 1. The summed E-state index contributed by atoms with van der Waals surface area (Å²) in [6.07, 6.45) is 1.15. The molecule has 0 fully saturated rings. The SMILES string of the molecule is CC(C)(O)c1cc(-c2sc(-c3cccc(S(C)(=O)=O)c3)cc2Cl)n(-c2cccc(F)c2Cl)n1. The zero-order valence-electron chi connectivity index (χ0n) is 17.8. The summed E-state index contributed by atoms with van der Waals surface area (Å²) in [6, 6.07) is 14.4. The summed E-state index contributed by atoms with van der Waals surface area (Å²) in [6.45, 7) is 3.18. The Bertz CT molecular complexity index is 1470. The van der Waals surface area contributed by atoms with E-state index in [2.05, 4.69) is 5.10 Å². The highest BCUT2D eigenvalue weighted by Crippen LogP contribution is 2.43. The maximum Gasteiger partial charge on any atom is 0.175 e. The van der Waals surface area contributed by atoms with Crippen molar-refractivity contribution < 1.29 is 17.9 Å². The second-order valence-electron chi connectivity index (χ2n) is 8.05. The molecule has 1 N–H and O–H groups in total. The molecule has 2 aromatic carbocycles. The predicted molar refractivity (Wildman–Crippen MR) is 131 cm³/mol. The largest absolute Gasteiger partial charge is 0.384 e. The quantitative estimate of drug-likeness (QED) is 0.330. The Hall–Kier alpha value is -2.23. The van der Waals surface area contributed by atoms with E-state index in [1.807, 2.05) is 0 Å². The zero-order valence-corrected chi connectivity index (χ0v) is 20.9. The van der Waals surface area contributed by atoms with Crippen LogP contribution in [0, 0.1) is 5.82 Å². The third-order valence-corrected chi connectivity index (χ3v) is 8.06. The Morgan fingerprint density at radius 1 is 1.09 bits per heavy atom. The van der Waals surface area contributed by atoms with Crippen molar-refractivity contribution in [1.82, 2.24) is 9.78 Å². The van der Waals surface area contributed by atoms with Gasteiger partial charge in [-0.05, 0) is 55.8 Å². The first-order chi connectivity index (χ1) is 15.4. The molecule has 0 atom stereocenters. The van der Waals surface area contributed by atoms with Gasteiger partial charge in [0.25, 0.3) is 0 Å². The van der Waals surface area contributed by atoms with Gasteiger partial charge in [-0.3, -0.25) is 0 Å². The van der Waals surface area contributed by atoms with Crippen molar-refractivity contribution in [2.24, 2.45) is 0 Å². The molecule has 0 aliphatic rings. The summed E-state index contributed by atoms with van der Waals surface area (Å²) in [4.78, 5) is 1.55. The maximum atomic E-state index is 14.2. The molecule has 0 bridgehead atoms. The molecule has 0 spiro atoms. The van der Waals surface area contributed by atoms with Crippen LogP contribution in [0.2, 0.25) is 10.0 Å². The number of halogens is 3. The van der Waals surface area contributed by atoms with Crippen molar-refractivity contribution in [2.75, 3.05) is 6.26 Å². The van der Waals surface area contributed by atoms with Gasteiger partial charge in [0.2, 0.25) is 0 Å². The van der Waals surface area contributed by atoms with E-state index in [4.69, 9.17) is 23.2 Å². The number of hydrogen-bond acceptors (Lipinski definition) is 5. The van der Waals surface area contributed by atoms with Gasteiger partial charge in [-0.25, -0.2) is 17.5 Å². The fraction of sp³-hybridized carbons (Fsp3) is 0.174. The van der Waals surface area contributed by atoms with Crippen molar-refractivity contribution in [3.05, 3.63) is 76.2 Å². The fourth-order valence-corrected chi connectivity index (χ4v) is 5.55. The molecule has 5 nitrogen and oxygen atoms in total. The normalized spacial score (nSPS) is 12.3. The third-order valence-electron chi connectivity index (χ3n) is 4.96. The van der Waals surface area contributed by atoms with Gasteiger partial charge in [0.15, 0.2) is 9.84 Å². The van der Waals surface area contributed by atoms with Crippen LogP contribution in [0.3, 0.4) is 0 Å². The molecule has 0 saturated carbocycles. The summed E-state index contributed by atoms with van der Waals surface area (Å²) in [5.74, 6) is -0.601. The zero-order chi connectivity index (χ0) is 24.1. The van der Waals surface area contributed by atoms with Gasteiger partial charge in [0.1, 0.15) is 16.4 Å². The lowest BCUT2D eigenvalue weighted by Gasteiger charge is -2.13. The molecule has 0 aliphatic heterocycles. The maximum absolute atomic E-state index is 14.2. The summed E-state index contributed by atoms with van der Waals surface area (Å²) < 4.78 is 39.6. The van der Waals surface area contributed by atoms with Crippen LogP contribution in [0.5, 0.6) is 0 Å². The minimum atomic E-state index is -3.37. The predicted octanol–water partition coefficient (Wildman–Crippen LogP) is 6.34. The Balaban J connectivity index is 1.91. The lowest BCUT2D eigenvalue weighted by Crippen LogP contribution is -2.16. The Kier molecular flexibility index (Phi) is 6.18. The lowest BCUT2D eigenvalue weighted by atomic mass is 10.1. The second kappa shape index (κ2) is 8.52. The van der Waals surface area contributed by atoms with Gasteiger partial charge in [-0.2, -0.15) is 5.10 Å². The number of thiophene rings is 1. The first kappa shape index (κ1) is 23.9. The number of aliphatic hydroxyl groups is 1. The van der Waals surface area contributed by atoms with Gasteiger partial charge in [-0.1, -0.05) is 41.4 Å². The highest BCUT2D eigenvalue weighted by molar-refractivity contribution is 7.90. The monoisotopic (exact) mass is 524 g/mol. The van der Waals surface area contributed by atoms with E-state index < -0.39 is 21.3 Å². The Morgan fingerprint density at radius 3 is 2.45 bits per heavy atom. The number of sulfone groups is 1. The summed E-state index contributed by atoms with van der Waals surface area (Å²) >= 11 is 14.1. The third kappa shape index (κ3) is 4.72. The minimum Gasteiger partial charge on any atom is -0.384 e. The topological polar surface area (TPSA) is 72.2 Å². The molecule has 172 valence electrons. The van der Waals surface area contributed by atoms with Crippen LogP contribution in [0.15, 0.2) is 59.5 Å². The molecule has 33 heavy (non-hydrogen) atoms. The molecule has 2 aromatic heterocycles.